The summed E-state index contributed by atoms with van der Waals surface area (Å²) in [5, 5.41) is 29.7. The molecule has 8 nitrogen and oxygen atoms in total. The maximum Gasteiger partial charge on any atom is 0.354 e. The van der Waals surface area contributed by atoms with E-state index in [2.05, 4.69) is 5.32 Å². The molecule has 102 valence electrons. The Labute approximate surface area is 107 Å². The van der Waals surface area contributed by atoms with E-state index in [9.17, 15) is 24.6 Å². The standard InChI is InChI=1S/C11H12N2O6/c12-11(19,10(17)18)9(16)8(15)6-3-1-2-4-7(6)13-5-14/h1-5,9,16,19H,12H2,(H,13,14)(H,17,18). The van der Waals surface area contributed by atoms with Crippen molar-refractivity contribution in [1.29, 1.82) is 0 Å². The van der Waals surface area contributed by atoms with Gasteiger partial charge in [-0.2, -0.15) is 0 Å². The second-order valence-corrected chi connectivity index (χ2v) is 3.71. The molecule has 1 aromatic rings. The molecule has 0 aliphatic carbocycles. The highest BCUT2D eigenvalue weighted by molar-refractivity contribution is 6.07. The molecule has 6 N–H and O–H groups in total. The highest BCUT2D eigenvalue weighted by Gasteiger charge is 2.44. The summed E-state index contributed by atoms with van der Waals surface area (Å²) in [4.78, 5) is 32.9. The Hall–Kier alpha value is -2.29. The zero-order valence-electron chi connectivity index (χ0n) is 9.61. The molecule has 0 saturated carbocycles. The number of aliphatic carboxylic acids is 1. The zero-order valence-corrected chi connectivity index (χ0v) is 9.61. The van der Waals surface area contributed by atoms with Crippen molar-refractivity contribution in [2.45, 2.75) is 11.8 Å². The number of carboxylic acids is 1. The van der Waals surface area contributed by atoms with Crippen LogP contribution in [0.1, 0.15) is 10.4 Å². The minimum absolute atomic E-state index is 0.0581. The second-order valence-electron chi connectivity index (χ2n) is 3.71. The van der Waals surface area contributed by atoms with E-state index in [1.54, 1.807) is 0 Å². The Morgan fingerprint density at radius 1 is 1.37 bits per heavy atom. The van der Waals surface area contributed by atoms with Gasteiger partial charge in [0.1, 0.15) is 0 Å². The molecule has 1 aromatic carbocycles. The Balaban J connectivity index is 3.14. The Morgan fingerprint density at radius 2 is 1.95 bits per heavy atom. The maximum atomic E-state index is 11.9. The van der Waals surface area contributed by atoms with Gasteiger partial charge in [0.2, 0.25) is 12.1 Å². The van der Waals surface area contributed by atoms with Crippen molar-refractivity contribution in [3.63, 3.8) is 0 Å². The number of aliphatic hydroxyl groups is 2. The van der Waals surface area contributed by atoms with Gasteiger partial charge in [-0.1, -0.05) is 12.1 Å². The van der Waals surface area contributed by atoms with Crippen LogP contribution >= 0.6 is 0 Å². The van der Waals surface area contributed by atoms with Gasteiger partial charge in [-0.15, -0.1) is 0 Å². The van der Waals surface area contributed by atoms with Gasteiger partial charge >= 0.3 is 5.97 Å². The lowest BCUT2D eigenvalue weighted by atomic mass is 9.97. The molecule has 0 fully saturated rings. The van der Waals surface area contributed by atoms with Crippen LogP contribution in [0.25, 0.3) is 0 Å². The summed E-state index contributed by atoms with van der Waals surface area (Å²) >= 11 is 0. The Bertz CT molecular complexity index is 514. The van der Waals surface area contributed by atoms with Crippen LogP contribution in [-0.4, -0.2) is 45.3 Å². The number of carbonyl (C=O) groups is 3. The van der Waals surface area contributed by atoms with Crippen molar-refractivity contribution < 1.29 is 29.7 Å². The van der Waals surface area contributed by atoms with E-state index < -0.39 is 23.6 Å². The molecule has 1 amide bonds. The topological polar surface area (TPSA) is 150 Å². The number of Topliss-reactive ketones (excluding diaryl/α,β-unsaturated/α-hetero) is 1. The summed E-state index contributed by atoms with van der Waals surface area (Å²) in [5.41, 5.74) is 1.73. The summed E-state index contributed by atoms with van der Waals surface area (Å²) in [5.74, 6) is -3.08. The molecule has 0 aromatic heterocycles. The number of amides is 1. The van der Waals surface area contributed by atoms with Gasteiger partial charge in [0.05, 0.1) is 5.69 Å². The molecule has 0 aliphatic rings. The largest absolute Gasteiger partial charge is 0.478 e. The summed E-state index contributed by atoms with van der Waals surface area (Å²) in [6.45, 7) is 0. The van der Waals surface area contributed by atoms with Crippen LogP contribution in [0.15, 0.2) is 24.3 Å². The molecular formula is C11H12N2O6. The first kappa shape index (κ1) is 14.8. The van der Waals surface area contributed by atoms with Gasteiger partial charge in [0.15, 0.2) is 11.9 Å². The van der Waals surface area contributed by atoms with Gasteiger partial charge in [0, 0.05) is 5.56 Å². The smallest absolute Gasteiger partial charge is 0.354 e. The van der Waals surface area contributed by atoms with E-state index in [-0.39, 0.29) is 11.3 Å². The average molecular weight is 268 g/mol. The quantitative estimate of drug-likeness (QED) is 0.240. The number of nitrogens with one attached hydrogen (secondary N) is 1. The van der Waals surface area contributed by atoms with Crippen LogP contribution in [0.4, 0.5) is 5.69 Å². The van der Waals surface area contributed by atoms with Crippen molar-refractivity contribution in [3.05, 3.63) is 29.8 Å². The number of hydrogen-bond donors (Lipinski definition) is 5. The van der Waals surface area contributed by atoms with Gasteiger partial charge in [-0.05, 0) is 12.1 Å². The number of nitrogens with two attached hydrogens (primary N) is 1. The number of ketones is 1. The van der Waals surface area contributed by atoms with Crippen LogP contribution < -0.4 is 11.1 Å². The van der Waals surface area contributed by atoms with Crippen LogP contribution in [0.5, 0.6) is 0 Å². The van der Waals surface area contributed by atoms with E-state index in [4.69, 9.17) is 10.8 Å². The number of carbonyl (C=O) groups excluding carboxylic acids is 2. The SMILES string of the molecule is NC(O)(C(=O)O)C(O)C(=O)c1ccccc1NC=O. The lowest BCUT2D eigenvalue weighted by molar-refractivity contribution is -0.167. The van der Waals surface area contributed by atoms with E-state index in [0.29, 0.717) is 6.41 Å². The second kappa shape index (κ2) is 5.57. The molecule has 8 heteroatoms. The number of aliphatic hydroxyl groups excluding tert-OH is 1. The highest BCUT2D eigenvalue weighted by Crippen LogP contribution is 2.19. The molecule has 1 rings (SSSR count). The van der Waals surface area contributed by atoms with Gasteiger partial charge in [-0.3, -0.25) is 15.3 Å². The van der Waals surface area contributed by atoms with Gasteiger partial charge in [0.25, 0.3) is 0 Å². The number of anilines is 1. The lowest BCUT2D eigenvalue weighted by Crippen LogP contribution is -2.60. The van der Waals surface area contributed by atoms with Gasteiger partial charge < -0.3 is 20.6 Å². The highest BCUT2D eigenvalue weighted by atomic mass is 16.4. The monoisotopic (exact) mass is 268 g/mol. The zero-order chi connectivity index (χ0) is 14.6. The first-order chi connectivity index (χ1) is 8.82. The molecule has 19 heavy (non-hydrogen) atoms. The van der Waals surface area contributed by atoms with E-state index in [1.807, 2.05) is 0 Å². The van der Waals surface area contributed by atoms with Crippen molar-refractivity contribution in [2.24, 2.45) is 5.73 Å². The summed E-state index contributed by atoms with van der Waals surface area (Å²) in [7, 11) is 0. The van der Waals surface area contributed by atoms with Gasteiger partial charge in [-0.25, -0.2) is 4.79 Å². The molecular weight excluding hydrogens is 256 g/mol. The molecule has 0 radical (unpaired) electrons. The average Bonchev–Trinajstić information content (AvgIpc) is 2.38. The third kappa shape index (κ3) is 2.94. The number of carboxylic acid groups (broad SMARTS) is 1. The molecule has 2 atom stereocenters. The number of benzene rings is 1. The first-order valence-corrected chi connectivity index (χ1v) is 5.08. The normalized spacial score (nSPS) is 15.1. The fourth-order valence-electron chi connectivity index (χ4n) is 1.35. The molecule has 0 saturated heterocycles. The molecule has 0 bridgehead atoms. The third-order valence-electron chi connectivity index (χ3n) is 2.41. The predicted molar refractivity (Wildman–Crippen MR) is 63.2 cm³/mol. The Morgan fingerprint density at radius 3 is 2.47 bits per heavy atom. The summed E-state index contributed by atoms with van der Waals surface area (Å²) in [6, 6.07) is 5.56. The minimum atomic E-state index is -3.12. The fraction of sp³-hybridized carbons (Fsp3) is 0.182. The van der Waals surface area contributed by atoms with Crippen LogP contribution in [-0.2, 0) is 9.59 Å². The van der Waals surface area contributed by atoms with E-state index in [0.717, 1.165) is 0 Å². The molecule has 0 heterocycles. The number of hydrogen-bond acceptors (Lipinski definition) is 6. The summed E-state index contributed by atoms with van der Waals surface area (Å²) < 4.78 is 0. The van der Waals surface area contributed by atoms with Crippen LogP contribution in [0.2, 0.25) is 0 Å². The predicted octanol–water partition coefficient (Wildman–Crippen LogP) is -1.47. The fourth-order valence-corrected chi connectivity index (χ4v) is 1.35. The molecule has 0 aliphatic heterocycles. The van der Waals surface area contributed by atoms with Crippen LogP contribution in [0, 0.1) is 0 Å². The van der Waals surface area contributed by atoms with Crippen molar-refractivity contribution in [2.75, 3.05) is 5.32 Å². The number of para-hydroxylation sites is 1. The third-order valence-corrected chi connectivity index (χ3v) is 2.41. The number of rotatable bonds is 6. The molecule has 0 spiro atoms. The minimum Gasteiger partial charge on any atom is -0.478 e. The first-order valence-electron chi connectivity index (χ1n) is 5.08. The van der Waals surface area contributed by atoms with Crippen LogP contribution in [0.3, 0.4) is 0 Å². The maximum absolute atomic E-state index is 11.9. The van der Waals surface area contributed by atoms with Crippen molar-refractivity contribution in [3.8, 4) is 0 Å². The van der Waals surface area contributed by atoms with E-state index in [1.165, 1.54) is 24.3 Å². The van der Waals surface area contributed by atoms with Crippen molar-refractivity contribution >= 4 is 23.9 Å². The molecule has 2 unspecified atom stereocenters. The summed E-state index contributed by atoms with van der Waals surface area (Å²) in [6.07, 6.45) is -2.07. The lowest BCUT2D eigenvalue weighted by Gasteiger charge is -2.23. The van der Waals surface area contributed by atoms with E-state index >= 15 is 0 Å². The van der Waals surface area contributed by atoms with Crippen molar-refractivity contribution in [1.82, 2.24) is 0 Å². The Kier molecular flexibility index (Phi) is 4.33.